The van der Waals surface area contributed by atoms with E-state index < -0.39 is 4.92 Å². The predicted octanol–water partition coefficient (Wildman–Crippen LogP) is 5.68. The molecule has 1 aromatic heterocycles. The Labute approximate surface area is 152 Å². The molecule has 6 heteroatoms. The van der Waals surface area contributed by atoms with Crippen LogP contribution in [-0.2, 0) is 0 Å². The molecule has 0 unspecified atom stereocenters. The molecule has 0 amide bonds. The van der Waals surface area contributed by atoms with Gasteiger partial charge in [-0.3, -0.25) is 10.1 Å². The molecule has 0 spiro atoms. The molecule has 0 bridgehead atoms. The third-order valence-corrected chi connectivity index (χ3v) is 4.03. The molecule has 3 aromatic rings. The molecular formula is C19H11BrN2O3. The van der Waals surface area contributed by atoms with Crippen LogP contribution >= 0.6 is 15.9 Å². The first-order chi connectivity index (χ1) is 12.1. The number of nitro benzene ring substituents is 1. The molecule has 0 aliphatic rings. The predicted molar refractivity (Wildman–Crippen MR) is 98.4 cm³/mol. The molecule has 5 nitrogen and oxygen atoms in total. The number of nitrogens with zero attached hydrogens (tertiary/aromatic N) is 2. The van der Waals surface area contributed by atoms with E-state index in [4.69, 9.17) is 4.42 Å². The maximum Gasteiger partial charge on any atom is 0.281 e. The molecule has 0 aliphatic carbocycles. The zero-order valence-corrected chi connectivity index (χ0v) is 14.4. The topological polar surface area (TPSA) is 80.1 Å². The van der Waals surface area contributed by atoms with Gasteiger partial charge >= 0.3 is 0 Å². The van der Waals surface area contributed by atoms with Crippen LogP contribution in [0.15, 0.2) is 69.6 Å². The number of hydrogen-bond acceptors (Lipinski definition) is 4. The summed E-state index contributed by atoms with van der Waals surface area (Å²) in [5, 5.41) is 20.6. The monoisotopic (exact) mass is 394 g/mol. The second kappa shape index (κ2) is 7.16. The summed E-state index contributed by atoms with van der Waals surface area (Å²) in [6.07, 6.45) is 1.61. The number of furan rings is 1. The normalized spacial score (nSPS) is 11.1. The highest BCUT2D eigenvalue weighted by Gasteiger charge is 2.18. The van der Waals surface area contributed by atoms with Gasteiger partial charge in [0.2, 0.25) is 0 Å². The lowest BCUT2D eigenvalue weighted by atomic mass is 10.1. The summed E-state index contributed by atoms with van der Waals surface area (Å²) in [6, 6.07) is 19.5. The van der Waals surface area contributed by atoms with Crippen LogP contribution in [0.2, 0.25) is 0 Å². The first kappa shape index (κ1) is 16.7. The minimum absolute atomic E-state index is 0.0529. The number of benzene rings is 2. The van der Waals surface area contributed by atoms with Crippen molar-refractivity contribution in [3.8, 4) is 17.4 Å². The summed E-state index contributed by atoms with van der Waals surface area (Å²) in [7, 11) is 0. The minimum atomic E-state index is -0.456. The Morgan fingerprint density at radius 2 is 1.92 bits per heavy atom. The molecule has 0 radical (unpaired) electrons. The Morgan fingerprint density at radius 1 is 1.16 bits per heavy atom. The summed E-state index contributed by atoms with van der Waals surface area (Å²) >= 11 is 3.23. The van der Waals surface area contributed by atoms with Gasteiger partial charge in [0.1, 0.15) is 11.5 Å². The smallest absolute Gasteiger partial charge is 0.281 e. The van der Waals surface area contributed by atoms with Gasteiger partial charge in [0.05, 0.1) is 22.1 Å². The van der Waals surface area contributed by atoms with Crippen LogP contribution in [0.5, 0.6) is 0 Å². The van der Waals surface area contributed by atoms with Crippen LogP contribution in [0.4, 0.5) is 5.69 Å². The van der Waals surface area contributed by atoms with Crippen LogP contribution in [0.1, 0.15) is 11.3 Å². The molecule has 0 N–H and O–H groups in total. The quantitative estimate of drug-likeness (QED) is 0.323. The fraction of sp³-hybridized carbons (Fsp3) is 0. The molecule has 2 aromatic carbocycles. The van der Waals surface area contributed by atoms with E-state index in [1.165, 1.54) is 6.07 Å². The Balaban J connectivity index is 2.00. The second-order valence-corrected chi connectivity index (χ2v) is 6.07. The largest absolute Gasteiger partial charge is 0.456 e. The highest BCUT2D eigenvalue weighted by Crippen LogP contribution is 2.34. The van der Waals surface area contributed by atoms with Gasteiger partial charge in [0.15, 0.2) is 0 Å². The third kappa shape index (κ3) is 3.67. The number of allylic oxidation sites excluding steroid dienone is 1. The fourth-order valence-corrected chi connectivity index (χ4v) is 2.73. The van der Waals surface area contributed by atoms with Crippen molar-refractivity contribution in [3.63, 3.8) is 0 Å². The first-order valence-corrected chi connectivity index (χ1v) is 8.09. The van der Waals surface area contributed by atoms with E-state index in [0.717, 1.165) is 5.56 Å². The third-order valence-electron chi connectivity index (χ3n) is 3.54. The van der Waals surface area contributed by atoms with Crippen molar-refractivity contribution >= 4 is 33.3 Å². The highest BCUT2D eigenvalue weighted by atomic mass is 79.9. The van der Waals surface area contributed by atoms with Crippen LogP contribution in [0.3, 0.4) is 0 Å². The molecule has 3 rings (SSSR count). The van der Waals surface area contributed by atoms with Gasteiger partial charge in [0, 0.05) is 10.5 Å². The Hall–Kier alpha value is -3.17. The zero-order valence-electron chi connectivity index (χ0n) is 12.8. The van der Waals surface area contributed by atoms with Gasteiger partial charge in [0.25, 0.3) is 5.69 Å². The van der Waals surface area contributed by atoms with Crippen molar-refractivity contribution in [2.75, 3.05) is 0 Å². The Kier molecular flexibility index (Phi) is 4.78. The van der Waals surface area contributed by atoms with Gasteiger partial charge < -0.3 is 4.42 Å². The van der Waals surface area contributed by atoms with Crippen molar-refractivity contribution < 1.29 is 9.34 Å². The van der Waals surface area contributed by atoms with Crippen molar-refractivity contribution in [1.82, 2.24) is 0 Å². The molecular weight excluding hydrogens is 384 g/mol. The van der Waals surface area contributed by atoms with E-state index in [-0.39, 0.29) is 5.69 Å². The molecule has 25 heavy (non-hydrogen) atoms. The molecule has 122 valence electrons. The average molecular weight is 395 g/mol. The molecule has 1 heterocycles. The minimum Gasteiger partial charge on any atom is -0.456 e. The van der Waals surface area contributed by atoms with Gasteiger partial charge in [-0.1, -0.05) is 46.3 Å². The van der Waals surface area contributed by atoms with Crippen molar-refractivity contribution in [1.29, 1.82) is 5.26 Å². The number of hydrogen-bond donors (Lipinski definition) is 0. The molecule has 0 fully saturated rings. The van der Waals surface area contributed by atoms with Gasteiger partial charge in [-0.05, 0) is 35.9 Å². The Bertz CT molecular complexity index is 1000. The highest BCUT2D eigenvalue weighted by molar-refractivity contribution is 9.10. The van der Waals surface area contributed by atoms with Crippen LogP contribution in [0, 0.1) is 21.4 Å². The molecule has 0 atom stereocenters. The summed E-state index contributed by atoms with van der Waals surface area (Å²) < 4.78 is 6.32. The maximum atomic E-state index is 11.3. The average Bonchev–Trinajstić information content (AvgIpc) is 3.08. The summed E-state index contributed by atoms with van der Waals surface area (Å²) in [6.45, 7) is 0. The van der Waals surface area contributed by atoms with Gasteiger partial charge in [-0.15, -0.1) is 0 Å². The van der Waals surface area contributed by atoms with Crippen LogP contribution in [0.25, 0.3) is 23.0 Å². The molecule has 0 saturated carbocycles. The molecule has 0 aliphatic heterocycles. The number of nitriles is 1. The van der Waals surface area contributed by atoms with E-state index in [2.05, 4.69) is 22.0 Å². The lowest BCUT2D eigenvalue weighted by Crippen LogP contribution is -1.91. The second-order valence-electron chi connectivity index (χ2n) is 5.16. The first-order valence-electron chi connectivity index (χ1n) is 7.30. The number of nitro groups is 1. The SMILES string of the molecule is N#C/C(=C/c1ccc(-c2ccc(Br)cc2[N+](=O)[O-])o1)c1ccccc1. The van der Waals surface area contributed by atoms with Crippen LogP contribution < -0.4 is 0 Å². The number of halogens is 1. The van der Waals surface area contributed by atoms with E-state index in [1.807, 2.05) is 30.3 Å². The van der Waals surface area contributed by atoms with E-state index in [9.17, 15) is 15.4 Å². The zero-order chi connectivity index (χ0) is 17.8. The summed E-state index contributed by atoms with van der Waals surface area (Å²) in [5.74, 6) is 0.823. The van der Waals surface area contributed by atoms with E-state index in [0.29, 0.717) is 27.1 Å². The summed E-state index contributed by atoms with van der Waals surface area (Å²) in [5.41, 5.74) is 1.55. The fourth-order valence-electron chi connectivity index (χ4n) is 2.38. The van der Waals surface area contributed by atoms with Crippen molar-refractivity contribution in [2.24, 2.45) is 0 Å². The van der Waals surface area contributed by atoms with Gasteiger partial charge in [-0.25, -0.2) is 0 Å². The lowest BCUT2D eigenvalue weighted by Gasteiger charge is -2.00. The van der Waals surface area contributed by atoms with Crippen molar-refractivity contribution in [2.45, 2.75) is 0 Å². The maximum absolute atomic E-state index is 11.3. The molecule has 0 saturated heterocycles. The van der Waals surface area contributed by atoms with Crippen molar-refractivity contribution in [3.05, 3.63) is 86.6 Å². The Morgan fingerprint density at radius 3 is 2.60 bits per heavy atom. The van der Waals surface area contributed by atoms with Crippen LogP contribution in [-0.4, -0.2) is 4.92 Å². The van der Waals surface area contributed by atoms with E-state index >= 15 is 0 Å². The standard InChI is InChI=1S/C19H11BrN2O3/c20-15-6-8-17(18(11-15)22(23)24)19-9-7-16(25-19)10-14(12-21)13-4-2-1-3-5-13/h1-11H/b14-10-. The van der Waals surface area contributed by atoms with E-state index in [1.54, 1.807) is 30.3 Å². The van der Waals surface area contributed by atoms with Gasteiger partial charge in [-0.2, -0.15) is 5.26 Å². The lowest BCUT2D eigenvalue weighted by molar-refractivity contribution is -0.384. The summed E-state index contributed by atoms with van der Waals surface area (Å²) in [4.78, 5) is 10.8. The number of rotatable bonds is 4.